The van der Waals surface area contributed by atoms with Crippen molar-refractivity contribution >= 4 is 39.5 Å². The fraction of sp³-hybridized carbons (Fsp3) is 0.952. The van der Waals surface area contributed by atoms with E-state index < -0.39 is 97.5 Å². The summed E-state index contributed by atoms with van der Waals surface area (Å²) in [6.07, 6.45) is 62.3. The maximum Gasteiger partial charge on any atom is 0.472 e. The molecule has 3 unspecified atom stereocenters. The van der Waals surface area contributed by atoms with E-state index in [0.29, 0.717) is 25.7 Å². The van der Waals surface area contributed by atoms with E-state index in [1.54, 1.807) is 0 Å². The highest BCUT2D eigenvalue weighted by atomic mass is 31.2. The van der Waals surface area contributed by atoms with E-state index in [9.17, 15) is 43.2 Å². The van der Waals surface area contributed by atoms with Gasteiger partial charge in [0.2, 0.25) is 0 Å². The van der Waals surface area contributed by atoms with Gasteiger partial charge in [0.1, 0.15) is 19.3 Å². The fourth-order valence-electron chi connectivity index (χ4n) is 12.8. The smallest absolute Gasteiger partial charge is 0.462 e. The summed E-state index contributed by atoms with van der Waals surface area (Å²) in [7, 11) is -9.92. The summed E-state index contributed by atoms with van der Waals surface area (Å²) < 4.78 is 68.8. The second-order valence-electron chi connectivity index (χ2n) is 31.1. The molecule has 0 rings (SSSR count). The van der Waals surface area contributed by atoms with Crippen LogP contribution in [0, 0.1) is 17.8 Å². The summed E-state index contributed by atoms with van der Waals surface area (Å²) in [5.41, 5.74) is 0. The van der Waals surface area contributed by atoms with Gasteiger partial charge in [0.15, 0.2) is 12.2 Å². The quantitative estimate of drug-likeness (QED) is 0.0222. The first-order chi connectivity index (χ1) is 49.3. The highest BCUT2D eigenvalue weighted by Gasteiger charge is 2.30. The minimum Gasteiger partial charge on any atom is -0.462 e. The molecule has 0 fully saturated rings. The number of unbranched alkanes of at least 4 members (excludes halogenated alkanes) is 48. The third kappa shape index (κ3) is 74.9. The molecule has 0 bridgehead atoms. The summed E-state index contributed by atoms with van der Waals surface area (Å²) in [4.78, 5) is 73.1. The summed E-state index contributed by atoms with van der Waals surface area (Å²) in [5, 5.41) is 10.7. The zero-order valence-corrected chi connectivity index (χ0v) is 68.9. The van der Waals surface area contributed by atoms with E-state index in [2.05, 4.69) is 48.5 Å². The second-order valence-corrected chi connectivity index (χ2v) is 34.0. The molecular formula is C83H162O17P2. The van der Waals surface area contributed by atoms with E-state index in [1.807, 2.05) is 0 Å². The van der Waals surface area contributed by atoms with Crippen molar-refractivity contribution in [2.24, 2.45) is 17.8 Å². The highest BCUT2D eigenvalue weighted by molar-refractivity contribution is 7.47. The maximum atomic E-state index is 13.1. The number of carbonyl (C=O) groups excluding carboxylic acids is 4. The molecule has 0 aliphatic rings. The van der Waals surface area contributed by atoms with Crippen LogP contribution in [-0.2, 0) is 65.4 Å². The van der Waals surface area contributed by atoms with Crippen LogP contribution >= 0.6 is 15.6 Å². The van der Waals surface area contributed by atoms with Crippen LogP contribution in [0.5, 0.6) is 0 Å². The molecule has 0 aromatic heterocycles. The van der Waals surface area contributed by atoms with Crippen LogP contribution in [0.25, 0.3) is 0 Å². The minimum atomic E-state index is -4.96. The second kappa shape index (κ2) is 73.2. The van der Waals surface area contributed by atoms with Gasteiger partial charge in [0.05, 0.1) is 26.4 Å². The molecule has 0 saturated carbocycles. The van der Waals surface area contributed by atoms with Crippen molar-refractivity contribution in [2.75, 3.05) is 39.6 Å². The average Bonchev–Trinajstić information content (AvgIpc) is 0.909. The van der Waals surface area contributed by atoms with Gasteiger partial charge in [0, 0.05) is 25.7 Å². The van der Waals surface area contributed by atoms with Crippen molar-refractivity contribution < 1.29 is 80.2 Å². The summed E-state index contributed by atoms with van der Waals surface area (Å²) in [6, 6.07) is 0. The first kappa shape index (κ1) is 100. The molecule has 0 saturated heterocycles. The largest absolute Gasteiger partial charge is 0.472 e. The molecule has 0 spiro atoms. The number of aliphatic hydroxyl groups excluding tert-OH is 1. The van der Waals surface area contributed by atoms with Crippen LogP contribution in [0.2, 0.25) is 0 Å². The van der Waals surface area contributed by atoms with E-state index in [4.69, 9.17) is 37.0 Å². The number of hydrogen-bond donors (Lipinski definition) is 3. The van der Waals surface area contributed by atoms with Crippen molar-refractivity contribution in [3.8, 4) is 0 Å². The fourth-order valence-corrected chi connectivity index (χ4v) is 14.4. The molecular weight excluding hydrogens is 1330 g/mol. The predicted molar refractivity (Wildman–Crippen MR) is 418 cm³/mol. The van der Waals surface area contributed by atoms with Crippen molar-refractivity contribution in [1.82, 2.24) is 0 Å². The lowest BCUT2D eigenvalue weighted by atomic mass is 9.99. The van der Waals surface area contributed by atoms with Crippen molar-refractivity contribution in [2.45, 2.75) is 452 Å². The number of phosphoric acid groups is 2. The minimum absolute atomic E-state index is 0.107. The van der Waals surface area contributed by atoms with Gasteiger partial charge in [-0.15, -0.1) is 0 Å². The molecule has 0 radical (unpaired) electrons. The number of rotatable bonds is 81. The van der Waals surface area contributed by atoms with Crippen molar-refractivity contribution in [3.05, 3.63) is 0 Å². The zero-order valence-electron chi connectivity index (χ0n) is 67.1. The van der Waals surface area contributed by atoms with Crippen LogP contribution in [0.3, 0.4) is 0 Å². The Labute approximate surface area is 626 Å². The number of carbonyl (C=O) groups is 4. The molecule has 0 aliphatic heterocycles. The van der Waals surface area contributed by atoms with Gasteiger partial charge in [-0.05, 0) is 43.4 Å². The lowest BCUT2D eigenvalue weighted by Crippen LogP contribution is -2.30. The van der Waals surface area contributed by atoms with Gasteiger partial charge >= 0.3 is 39.5 Å². The van der Waals surface area contributed by atoms with Gasteiger partial charge < -0.3 is 33.8 Å². The Bertz CT molecular complexity index is 1980. The third-order valence-electron chi connectivity index (χ3n) is 19.7. The van der Waals surface area contributed by atoms with Crippen LogP contribution in [0.1, 0.15) is 434 Å². The molecule has 0 aromatic rings. The average molecular weight is 1490 g/mol. The monoisotopic (exact) mass is 1490 g/mol. The maximum absolute atomic E-state index is 13.1. The Morgan fingerprint density at radius 1 is 0.284 bits per heavy atom. The van der Waals surface area contributed by atoms with E-state index in [1.165, 1.54) is 244 Å². The van der Waals surface area contributed by atoms with Crippen LogP contribution in [-0.4, -0.2) is 96.7 Å². The van der Waals surface area contributed by atoms with Gasteiger partial charge in [0.25, 0.3) is 0 Å². The Morgan fingerprint density at radius 3 is 0.745 bits per heavy atom. The Kier molecular flexibility index (Phi) is 71.8. The summed E-state index contributed by atoms with van der Waals surface area (Å²) in [6.45, 7) is 12.0. The molecule has 0 aromatic carbocycles. The SMILES string of the molecule is CCCCCCCCCCCCC(=O)OC[C@H](COP(=O)(O)OC[C@H](O)COP(=O)(O)OC[C@@H](COC(=O)CCCCCCCCCCCCCCCCC(C)CC)OC(=O)CCCCCCCCCCCCCCCCCC(C)C)OC(=O)CCCCCCCCCCCCCCCC(C)C. The van der Waals surface area contributed by atoms with Crippen molar-refractivity contribution in [1.29, 1.82) is 0 Å². The predicted octanol–water partition coefficient (Wildman–Crippen LogP) is 24.9. The van der Waals surface area contributed by atoms with Gasteiger partial charge in [-0.1, -0.05) is 382 Å². The molecule has 19 heteroatoms. The highest BCUT2D eigenvalue weighted by Crippen LogP contribution is 2.45. The number of aliphatic hydroxyl groups is 1. The van der Waals surface area contributed by atoms with Crippen molar-refractivity contribution in [3.63, 3.8) is 0 Å². The molecule has 0 heterocycles. The summed E-state index contributed by atoms with van der Waals surface area (Å²) >= 11 is 0. The Morgan fingerprint density at radius 2 is 0.500 bits per heavy atom. The van der Waals surface area contributed by atoms with Gasteiger partial charge in [-0.3, -0.25) is 37.3 Å². The topological polar surface area (TPSA) is 237 Å². The molecule has 0 amide bonds. The first-order valence-corrected chi connectivity index (χ1v) is 45.9. The number of ether oxygens (including phenoxy) is 4. The standard InChI is InChI=1S/C83H162O17P2/c1-8-10-11-12-13-14-36-43-50-57-64-80(85)93-70-78(99-83(88)67-60-53-46-39-32-26-20-22-28-34-41-48-55-62-75(5)6)72-97-101(89,90)95-68-77(84)69-96-102(91,92)98-73-79(100-82(87)66-59-52-45-38-31-25-17-15-16-21-27-33-40-47-54-61-74(3)4)71-94-81(86)65-58-51-44-37-30-24-19-18-23-29-35-42-49-56-63-76(7)9-2/h74-79,84H,8-73H2,1-7H3,(H,89,90)(H,91,92)/t76?,77-,78+,79+/m0/s1. The number of hydrogen-bond acceptors (Lipinski definition) is 15. The summed E-state index contributed by atoms with van der Waals surface area (Å²) in [5.74, 6) is 0.332. The van der Waals surface area contributed by atoms with Crippen LogP contribution in [0.4, 0.5) is 0 Å². The molecule has 6 atom stereocenters. The van der Waals surface area contributed by atoms with Crippen LogP contribution < -0.4 is 0 Å². The Balaban J connectivity index is 5.24. The molecule has 17 nitrogen and oxygen atoms in total. The molecule has 606 valence electrons. The van der Waals surface area contributed by atoms with Gasteiger partial charge in [-0.25, -0.2) is 9.13 Å². The zero-order chi connectivity index (χ0) is 75.1. The lowest BCUT2D eigenvalue weighted by Gasteiger charge is -2.21. The van der Waals surface area contributed by atoms with E-state index >= 15 is 0 Å². The van der Waals surface area contributed by atoms with Gasteiger partial charge in [-0.2, -0.15) is 0 Å². The Hall–Kier alpha value is -1.94. The molecule has 3 N–H and O–H groups in total. The lowest BCUT2D eigenvalue weighted by molar-refractivity contribution is -0.161. The molecule has 0 aliphatic carbocycles. The van der Waals surface area contributed by atoms with E-state index in [-0.39, 0.29) is 25.7 Å². The van der Waals surface area contributed by atoms with E-state index in [0.717, 1.165) is 108 Å². The number of esters is 4. The normalized spacial score (nSPS) is 14.2. The third-order valence-corrected chi connectivity index (χ3v) is 21.6. The molecule has 102 heavy (non-hydrogen) atoms. The number of phosphoric ester groups is 2. The van der Waals surface area contributed by atoms with Crippen LogP contribution in [0.15, 0.2) is 0 Å². The first-order valence-electron chi connectivity index (χ1n) is 42.9.